The van der Waals surface area contributed by atoms with Crippen LogP contribution in [0.3, 0.4) is 0 Å². The Balaban J connectivity index is 1.84. The quantitative estimate of drug-likeness (QED) is 0.471. The molecule has 0 saturated heterocycles. The van der Waals surface area contributed by atoms with E-state index in [1.54, 1.807) is 6.33 Å². The Morgan fingerprint density at radius 3 is 1.19 bits per heavy atom. The van der Waals surface area contributed by atoms with Gasteiger partial charge in [0.25, 0.3) is 0 Å². The van der Waals surface area contributed by atoms with Crippen LogP contribution >= 0.6 is 0 Å². The third-order valence-electron chi connectivity index (χ3n) is 5.74. The third-order valence-corrected chi connectivity index (χ3v) is 5.74. The molecule has 0 saturated carbocycles. The Bertz CT molecular complexity index is 1040. The van der Waals surface area contributed by atoms with Crippen LogP contribution in [0.15, 0.2) is 36.7 Å². The summed E-state index contributed by atoms with van der Waals surface area (Å²) in [6.07, 6.45) is 10.0. The molecule has 3 rings (SSSR count). The number of rotatable bonds is 6. The van der Waals surface area contributed by atoms with Crippen LogP contribution in [0.5, 0.6) is 0 Å². The van der Waals surface area contributed by atoms with E-state index >= 15 is 0 Å². The summed E-state index contributed by atoms with van der Waals surface area (Å²) in [5.74, 6) is 0. The average Bonchev–Trinajstić information content (AvgIpc) is 2.72. The molecule has 166 valence electrons. The summed E-state index contributed by atoms with van der Waals surface area (Å²) >= 11 is 0. The van der Waals surface area contributed by atoms with Gasteiger partial charge in [-0.05, 0) is 104 Å². The highest BCUT2D eigenvalue weighted by atomic mass is 15.1. The zero-order valence-corrected chi connectivity index (χ0v) is 20.6. The van der Waals surface area contributed by atoms with E-state index in [4.69, 9.17) is 0 Å². The molecule has 1 heterocycles. The van der Waals surface area contributed by atoms with Crippen LogP contribution in [0.1, 0.15) is 44.8 Å². The number of aryl methyl sites for hydroxylation is 4. The SMILES string of the molecule is Cc1cc(N(C)C)cc(C)c1/C=C/c1cc(/C=C/c2c(C)cc(N(C)C)cc2C)ncn1. The first-order chi connectivity index (χ1) is 15.2. The molecule has 4 nitrogen and oxygen atoms in total. The van der Waals surface area contributed by atoms with Crippen molar-refractivity contribution in [1.82, 2.24) is 9.97 Å². The maximum Gasteiger partial charge on any atom is 0.116 e. The zero-order chi connectivity index (χ0) is 23.4. The van der Waals surface area contributed by atoms with Gasteiger partial charge in [-0.2, -0.15) is 0 Å². The van der Waals surface area contributed by atoms with Crippen LogP contribution in [0.2, 0.25) is 0 Å². The van der Waals surface area contributed by atoms with Gasteiger partial charge in [-0.3, -0.25) is 0 Å². The number of hydrogen-bond donors (Lipinski definition) is 0. The molecule has 0 aliphatic heterocycles. The van der Waals surface area contributed by atoms with Gasteiger partial charge in [0.2, 0.25) is 0 Å². The lowest BCUT2D eigenvalue weighted by Crippen LogP contribution is -2.09. The van der Waals surface area contributed by atoms with Crippen molar-refractivity contribution in [2.24, 2.45) is 0 Å². The van der Waals surface area contributed by atoms with Gasteiger partial charge in [-0.25, -0.2) is 9.97 Å². The molecule has 0 bridgehead atoms. The van der Waals surface area contributed by atoms with Gasteiger partial charge in [0.05, 0.1) is 11.4 Å². The van der Waals surface area contributed by atoms with Crippen LogP contribution in [0, 0.1) is 27.7 Å². The molecule has 0 atom stereocenters. The predicted molar refractivity (Wildman–Crippen MR) is 140 cm³/mol. The van der Waals surface area contributed by atoms with Crippen molar-refractivity contribution in [3.05, 3.63) is 81.4 Å². The lowest BCUT2D eigenvalue weighted by atomic mass is 10.0. The zero-order valence-electron chi connectivity index (χ0n) is 20.6. The Labute approximate surface area is 193 Å². The Morgan fingerprint density at radius 1 is 0.531 bits per heavy atom. The number of benzene rings is 2. The fraction of sp³-hybridized carbons (Fsp3) is 0.286. The van der Waals surface area contributed by atoms with E-state index < -0.39 is 0 Å². The molecular formula is C28H34N4. The minimum absolute atomic E-state index is 0.895. The molecule has 4 heteroatoms. The molecule has 0 N–H and O–H groups in total. The topological polar surface area (TPSA) is 32.3 Å². The molecule has 32 heavy (non-hydrogen) atoms. The van der Waals surface area contributed by atoms with E-state index in [9.17, 15) is 0 Å². The third kappa shape index (κ3) is 5.44. The molecule has 2 aromatic carbocycles. The summed E-state index contributed by atoms with van der Waals surface area (Å²) in [6.45, 7) is 8.61. The molecule has 0 spiro atoms. The maximum absolute atomic E-state index is 4.44. The molecule has 3 aromatic rings. The van der Waals surface area contributed by atoms with Crippen molar-refractivity contribution in [3.8, 4) is 0 Å². The van der Waals surface area contributed by atoms with E-state index in [-0.39, 0.29) is 0 Å². The fourth-order valence-electron chi connectivity index (χ4n) is 3.85. The van der Waals surface area contributed by atoms with E-state index in [1.807, 2.05) is 6.07 Å². The van der Waals surface area contributed by atoms with Gasteiger partial charge in [-0.1, -0.05) is 12.2 Å². The van der Waals surface area contributed by atoms with Crippen molar-refractivity contribution in [2.75, 3.05) is 38.0 Å². The van der Waals surface area contributed by atoms with Gasteiger partial charge in [0.1, 0.15) is 6.33 Å². The van der Waals surface area contributed by atoms with Crippen LogP contribution < -0.4 is 9.80 Å². The minimum Gasteiger partial charge on any atom is -0.378 e. The molecule has 1 aromatic heterocycles. The lowest BCUT2D eigenvalue weighted by Gasteiger charge is -2.16. The molecule has 0 radical (unpaired) electrons. The van der Waals surface area contributed by atoms with Crippen LogP contribution in [-0.2, 0) is 0 Å². The molecule has 0 unspecified atom stereocenters. The second-order valence-electron chi connectivity index (χ2n) is 8.81. The first-order valence-corrected chi connectivity index (χ1v) is 10.9. The predicted octanol–water partition coefficient (Wildman–Crippen LogP) is 6.18. The molecule has 0 aliphatic rings. The highest BCUT2D eigenvalue weighted by Gasteiger charge is 2.06. The monoisotopic (exact) mass is 426 g/mol. The summed E-state index contributed by atoms with van der Waals surface area (Å²) in [5.41, 5.74) is 11.7. The molecule has 0 amide bonds. The van der Waals surface area contributed by atoms with E-state index in [0.29, 0.717) is 0 Å². The summed E-state index contributed by atoms with van der Waals surface area (Å²) < 4.78 is 0. The van der Waals surface area contributed by atoms with Gasteiger partial charge >= 0.3 is 0 Å². The number of hydrogen-bond acceptors (Lipinski definition) is 4. The van der Waals surface area contributed by atoms with Gasteiger partial charge in [0, 0.05) is 39.6 Å². The summed E-state index contributed by atoms with van der Waals surface area (Å²) in [7, 11) is 8.27. The highest BCUT2D eigenvalue weighted by Crippen LogP contribution is 2.25. The minimum atomic E-state index is 0.895. The highest BCUT2D eigenvalue weighted by molar-refractivity contribution is 5.76. The number of aromatic nitrogens is 2. The standard InChI is InChI=1S/C28H34N4/c1-19-13-25(31(5)6)14-20(2)27(19)11-9-23-17-24(30-18-29-23)10-12-28-21(3)15-26(32(7)8)16-22(28)4/h9-18H,1-8H3/b11-9+,12-10+. The van der Waals surface area contributed by atoms with Crippen molar-refractivity contribution >= 4 is 35.7 Å². The first-order valence-electron chi connectivity index (χ1n) is 10.9. The van der Waals surface area contributed by atoms with Crippen LogP contribution in [0.25, 0.3) is 24.3 Å². The number of nitrogens with zero attached hydrogens (tertiary/aromatic N) is 4. The second-order valence-corrected chi connectivity index (χ2v) is 8.81. The van der Waals surface area contributed by atoms with E-state index in [0.717, 1.165) is 11.4 Å². The second kappa shape index (κ2) is 9.82. The average molecular weight is 427 g/mol. The lowest BCUT2D eigenvalue weighted by molar-refractivity contribution is 1.12. The van der Waals surface area contributed by atoms with Crippen molar-refractivity contribution in [1.29, 1.82) is 0 Å². The molecule has 0 aliphatic carbocycles. The smallest absolute Gasteiger partial charge is 0.116 e. The normalized spacial score (nSPS) is 11.5. The van der Waals surface area contributed by atoms with Crippen LogP contribution in [0.4, 0.5) is 11.4 Å². The summed E-state index contributed by atoms with van der Waals surface area (Å²) in [6, 6.07) is 10.9. The van der Waals surface area contributed by atoms with Crippen molar-refractivity contribution in [2.45, 2.75) is 27.7 Å². The van der Waals surface area contributed by atoms with Gasteiger partial charge in [-0.15, -0.1) is 0 Å². The maximum atomic E-state index is 4.44. The van der Waals surface area contributed by atoms with Gasteiger partial charge in [0.15, 0.2) is 0 Å². The van der Waals surface area contributed by atoms with E-state index in [2.05, 4.69) is 124 Å². The van der Waals surface area contributed by atoms with E-state index in [1.165, 1.54) is 44.8 Å². The summed E-state index contributed by atoms with van der Waals surface area (Å²) in [4.78, 5) is 13.1. The van der Waals surface area contributed by atoms with Crippen molar-refractivity contribution in [3.63, 3.8) is 0 Å². The Morgan fingerprint density at radius 2 is 0.875 bits per heavy atom. The largest absolute Gasteiger partial charge is 0.378 e. The first kappa shape index (κ1) is 23.3. The fourth-order valence-corrected chi connectivity index (χ4v) is 3.85. The number of anilines is 2. The Hall–Kier alpha value is -3.40. The van der Waals surface area contributed by atoms with Crippen molar-refractivity contribution < 1.29 is 0 Å². The van der Waals surface area contributed by atoms with Gasteiger partial charge < -0.3 is 9.80 Å². The summed E-state index contributed by atoms with van der Waals surface area (Å²) in [5, 5.41) is 0. The molecule has 0 fully saturated rings. The van der Waals surface area contributed by atoms with Crippen LogP contribution in [-0.4, -0.2) is 38.2 Å². The molecular weight excluding hydrogens is 392 g/mol. The Kier molecular flexibility index (Phi) is 7.14.